The minimum atomic E-state index is 0.0610. The molecule has 0 bridgehead atoms. The minimum absolute atomic E-state index is 0.0610. The highest BCUT2D eigenvalue weighted by Crippen LogP contribution is 2.33. The standard InChI is InChI=1S/C22H27N3O3S/c1-23(2)20(26)4-3-5-21(27)24-11-17-13-25(14-18(17)12-24)22(28)16-6-7-19-15(10-16)8-9-29-19/h6-10,17-18H,3-5,11-14H2,1-2H3/t17-,18+. The van der Waals surface area contributed by atoms with Crippen LogP contribution >= 0.6 is 11.3 Å². The maximum absolute atomic E-state index is 12.9. The van der Waals surface area contributed by atoms with Crippen LogP contribution in [0.3, 0.4) is 0 Å². The van der Waals surface area contributed by atoms with Gasteiger partial charge in [-0.1, -0.05) is 0 Å². The van der Waals surface area contributed by atoms with Gasteiger partial charge in [-0.2, -0.15) is 0 Å². The van der Waals surface area contributed by atoms with E-state index in [0.29, 0.717) is 44.2 Å². The summed E-state index contributed by atoms with van der Waals surface area (Å²) in [6.45, 7) is 2.87. The summed E-state index contributed by atoms with van der Waals surface area (Å²) < 4.78 is 1.20. The van der Waals surface area contributed by atoms with E-state index in [1.807, 2.05) is 39.4 Å². The Morgan fingerprint density at radius 2 is 1.69 bits per heavy atom. The second-order valence-corrected chi connectivity index (χ2v) is 9.29. The molecule has 2 aliphatic heterocycles. The lowest BCUT2D eigenvalue weighted by atomic mass is 10.0. The number of rotatable bonds is 5. The molecular weight excluding hydrogens is 386 g/mol. The number of nitrogens with zero attached hydrogens (tertiary/aromatic N) is 3. The van der Waals surface area contributed by atoms with Crippen molar-refractivity contribution in [2.45, 2.75) is 19.3 Å². The second-order valence-electron chi connectivity index (χ2n) is 8.34. The van der Waals surface area contributed by atoms with Gasteiger partial charge in [-0.3, -0.25) is 14.4 Å². The zero-order valence-electron chi connectivity index (χ0n) is 17.0. The molecule has 154 valence electrons. The molecule has 29 heavy (non-hydrogen) atoms. The molecule has 2 aliphatic rings. The first kappa shape index (κ1) is 19.9. The quantitative estimate of drug-likeness (QED) is 0.757. The van der Waals surface area contributed by atoms with Crippen LogP contribution in [0.2, 0.25) is 0 Å². The van der Waals surface area contributed by atoms with Gasteiger partial charge in [0.1, 0.15) is 0 Å². The van der Waals surface area contributed by atoms with Crippen molar-refractivity contribution in [3.05, 3.63) is 35.2 Å². The molecule has 0 spiro atoms. The van der Waals surface area contributed by atoms with E-state index >= 15 is 0 Å². The van der Waals surface area contributed by atoms with E-state index in [9.17, 15) is 14.4 Å². The van der Waals surface area contributed by atoms with Gasteiger partial charge in [-0.25, -0.2) is 0 Å². The molecule has 4 rings (SSSR count). The fourth-order valence-corrected chi connectivity index (χ4v) is 5.19. The van der Waals surface area contributed by atoms with Crippen LogP contribution in [0.15, 0.2) is 29.6 Å². The van der Waals surface area contributed by atoms with Gasteiger partial charge in [0.05, 0.1) is 0 Å². The Balaban J connectivity index is 1.28. The number of thiophene rings is 1. The van der Waals surface area contributed by atoms with Crippen LogP contribution in [0.1, 0.15) is 29.6 Å². The summed E-state index contributed by atoms with van der Waals surface area (Å²) in [5, 5.41) is 3.16. The summed E-state index contributed by atoms with van der Waals surface area (Å²) >= 11 is 1.68. The van der Waals surface area contributed by atoms with E-state index in [2.05, 4.69) is 0 Å². The average molecular weight is 414 g/mol. The number of carbonyl (C=O) groups is 3. The molecule has 2 saturated heterocycles. The zero-order valence-corrected chi connectivity index (χ0v) is 17.8. The summed E-state index contributed by atoms with van der Waals surface area (Å²) in [5.74, 6) is 0.998. The molecule has 0 radical (unpaired) electrons. The first-order valence-electron chi connectivity index (χ1n) is 10.2. The topological polar surface area (TPSA) is 60.9 Å². The first-order chi connectivity index (χ1) is 13.9. The highest BCUT2D eigenvalue weighted by molar-refractivity contribution is 7.17. The molecule has 2 atom stereocenters. The molecular formula is C22H27N3O3S. The first-order valence-corrected chi connectivity index (χ1v) is 11.0. The van der Waals surface area contributed by atoms with Gasteiger partial charge < -0.3 is 14.7 Å². The smallest absolute Gasteiger partial charge is 0.253 e. The van der Waals surface area contributed by atoms with Gasteiger partial charge in [0.2, 0.25) is 11.8 Å². The molecule has 2 aromatic rings. The van der Waals surface area contributed by atoms with Crippen molar-refractivity contribution < 1.29 is 14.4 Å². The predicted octanol–water partition coefficient (Wildman–Crippen LogP) is 2.69. The molecule has 3 amide bonds. The molecule has 7 heteroatoms. The van der Waals surface area contributed by atoms with E-state index < -0.39 is 0 Å². The Hall–Kier alpha value is -2.41. The normalized spacial score (nSPS) is 20.9. The summed E-state index contributed by atoms with van der Waals surface area (Å²) in [6, 6.07) is 7.96. The van der Waals surface area contributed by atoms with Crippen molar-refractivity contribution in [3.8, 4) is 0 Å². The predicted molar refractivity (Wildman–Crippen MR) is 114 cm³/mol. The van der Waals surface area contributed by atoms with Crippen LogP contribution in [-0.4, -0.2) is 72.7 Å². The third kappa shape index (κ3) is 4.15. The molecule has 3 heterocycles. The Labute approximate surface area is 175 Å². The summed E-state index contributed by atoms with van der Waals surface area (Å²) in [6.07, 6.45) is 1.43. The van der Waals surface area contributed by atoms with Crippen molar-refractivity contribution in [1.82, 2.24) is 14.7 Å². The number of amides is 3. The lowest BCUT2D eigenvalue weighted by molar-refractivity contribution is -0.131. The average Bonchev–Trinajstić information content (AvgIpc) is 3.40. The fraction of sp³-hybridized carbons (Fsp3) is 0.500. The van der Waals surface area contributed by atoms with E-state index in [1.165, 1.54) is 4.70 Å². The largest absolute Gasteiger partial charge is 0.349 e. The molecule has 0 aliphatic carbocycles. The molecule has 0 unspecified atom stereocenters. The minimum Gasteiger partial charge on any atom is -0.349 e. The fourth-order valence-electron chi connectivity index (χ4n) is 4.42. The van der Waals surface area contributed by atoms with Gasteiger partial charge in [0.15, 0.2) is 0 Å². The Bertz CT molecular complexity index is 924. The molecule has 1 aromatic carbocycles. The highest BCUT2D eigenvalue weighted by atomic mass is 32.1. The lowest BCUT2D eigenvalue weighted by Crippen LogP contribution is -2.35. The second kappa shape index (κ2) is 8.14. The van der Waals surface area contributed by atoms with Crippen molar-refractivity contribution in [2.24, 2.45) is 11.8 Å². The number of hydrogen-bond donors (Lipinski definition) is 0. The van der Waals surface area contributed by atoms with E-state index in [0.717, 1.165) is 24.0 Å². The molecule has 2 fully saturated rings. The van der Waals surface area contributed by atoms with Crippen LogP contribution in [0, 0.1) is 11.8 Å². The SMILES string of the molecule is CN(C)C(=O)CCCC(=O)N1C[C@@H]2CN(C(=O)c3ccc4sccc4c3)C[C@@H]2C1. The van der Waals surface area contributed by atoms with Crippen LogP contribution in [0.4, 0.5) is 0 Å². The number of likely N-dealkylation sites (tertiary alicyclic amines) is 2. The Morgan fingerprint density at radius 1 is 1.00 bits per heavy atom. The van der Waals surface area contributed by atoms with Crippen molar-refractivity contribution in [1.29, 1.82) is 0 Å². The van der Waals surface area contributed by atoms with Gasteiger partial charge >= 0.3 is 0 Å². The maximum Gasteiger partial charge on any atom is 0.253 e. The van der Waals surface area contributed by atoms with E-state index in [1.54, 1.807) is 30.3 Å². The number of carbonyl (C=O) groups excluding carboxylic acids is 3. The van der Waals surface area contributed by atoms with Crippen molar-refractivity contribution in [3.63, 3.8) is 0 Å². The van der Waals surface area contributed by atoms with Crippen molar-refractivity contribution >= 4 is 39.1 Å². The maximum atomic E-state index is 12.9. The van der Waals surface area contributed by atoms with E-state index in [4.69, 9.17) is 0 Å². The van der Waals surface area contributed by atoms with Gasteiger partial charge in [0, 0.05) is 75.2 Å². The third-order valence-corrected chi connectivity index (χ3v) is 7.00. The summed E-state index contributed by atoms with van der Waals surface area (Å²) in [4.78, 5) is 42.5. The van der Waals surface area contributed by atoms with Crippen molar-refractivity contribution in [2.75, 3.05) is 40.3 Å². The van der Waals surface area contributed by atoms with Crippen LogP contribution in [0.25, 0.3) is 10.1 Å². The molecule has 0 saturated carbocycles. The van der Waals surface area contributed by atoms with Crippen LogP contribution in [-0.2, 0) is 9.59 Å². The van der Waals surface area contributed by atoms with Crippen LogP contribution in [0.5, 0.6) is 0 Å². The van der Waals surface area contributed by atoms with Gasteiger partial charge in [-0.15, -0.1) is 11.3 Å². The number of hydrogen-bond acceptors (Lipinski definition) is 4. The lowest BCUT2D eigenvalue weighted by Gasteiger charge is -2.22. The van der Waals surface area contributed by atoms with Gasteiger partial charge in [0.25, 0.3) is 5.91 Å². The summed E-state index contributed by atoms with van der Waals surface area (Å²) in [5.41, 5.74) is 0.745. The van der Waals surface area contributed by atoms with Gasteiger partial charge in [-0.05, 0) is 41.5 Å². The van der Waals surface area contributed by atoms with Crippen LogP contribution < -0.4 is 0 Å². The zero-order chi connectivity index (χ0) is 20.5. The van der Waals surface area contributed by atoms with E-state index in [-0.39, 0.29) is 17.7 Å². The number of fused-ring (bicyclic) bond motifs is 2. The highest BCUT2D eigenvalue weighted by Gasteiger charge is 2.42. The Morgan fingerprint density at radius 3 is 2.38 bits per heavy atom. The Kier molecular flexibility index (Phi) is 5.58. The molecule has 6 nitrogen and oxygen atoms in total. The molecule has 0 N–H and O–H groups in total. The summed E-state index contributed by atoms with van der Waals surface area (Å²) in [7, 11) is 3.47. The number of benzene rings is 1. The molecule has 1 aromatic heterocycles. The third-order valence-electron chi connectivity index (χ3n) is 6.11. The monoisotopic (exact) mass is 413 g/mol.